The third kappa shape index (κ3) is 4.55. The Bertz CT molecular complexity index is 491. The third-order valence-corrected chi connectivity index (χ3v) is 2.71. The Morgan fingerprint density at radius 2 is 1.48 bits per heavy atom. The van der Waals surface area contributed by atoms with Gasteiger partial charge in [0.15, 0.2) is 11.5 Å². The van der Waals surface area contributed by atoms with Crippen molar-refractivity contribution in [3.8, 4) is 17.2 Å². The van der Waals surface area contributed by atoms with Crippen molar-refractivity contribution >= 4 is 11.8 Å². The van der Waals surface area contributed by atoms with Crippen molar-refractivity contribution in [3.05, 3.63) is 17.7 Å². The summed E-state index contributed by atoms with van der Waals surface area (Å²) in [6, 6.07) is 3.13. The molecule has 0 atom stereocenters. The molecule has 0 bridgehead atoms. The molecule has 7 heteroatoms. The monoisotopic (exact) mass is 296 g/mol. The first-order chi connectivity index (χ1) is 10.0. The summed E-state index contributed by atoms with van der Waals surface area (Å²) in [6.45, 7) is 2.11. The summed E-state index contributed by atoms with van der Waals surface area (Å²) in [4.78, 5) is 22.8. The van der Waals surface area contributed by atoms with Crippen LogP contribution in [0.3, 0.4) is 0 Å². The molecule has 2 amide bonds. The number of benzene rings is 1. The lowest BCUT2D eigenvalue weighted by molar-refractivity contribution is -0.118. The van der Waals surface area contributed by atoms with Gasteiger partial charge in [0.25, 0.3) is 5.91 Å². The molecule has 116 valence electrons. The van der Waals surface area contributed by atoms with E-state index >= 15 is 0 Å². The average molecular weight is 296 g/mol. The van der Waals surface area contributed by atoms with E-state index in [-0.39, 0.29) is 11.8 Å². The highest BCUT2D eigenvalue weighted by Crippen LogP contribution is 2.38. The van der Waals surface area contributed by atoms with Gasteiger partial charge < -0.3 is 24.8 Å². The highest BCUT2D eigenvalue weighted by atomic mass is 16.5. The number of carbonyl (C=O) groups is 2. The number of nitrogens with one attached hydrogen (secondary N) is 2. The first kappa shape index (κ1) is 16.6. The quantitative estimate of drug-likeness (QED) is 0.719. The lowest BCUT2D eigenvalue weighted by Crippen LogP contribution is -2.33. The fourth-order valence-electron chi connectivity index (χ4n) is 1.73. The number of carbonyl (C=O) groups excluding carboxylic acids is 2. The maximum atomic E-state index is 12.0. The van der Waals surface area contributed by atoms with Crippen LogP contribution in [0.5, 0.6) is 17.2 Å². The van der Waals surface area contributed by atoms with E-state index < -0.39 is 0 Å². The van der Waals surface area contributed by atoms with Crippen LogP contribution in [0.4, 0.5) is 0 Å². The summed E-state index contributed by atoms with van der Waals surface area (Å²) in [5.74, 6) is 0.805. The first-order valence-corrected chi connectivity index (χ1v) is 6.36. The van der Waals surface area contributed by atoms with Gasteiger partial charge in [0, 0.05) is 25.6 Å². The lowest BCUT2D eigenvalue weighted by atomic mass is 10.1. The van der Waals surface area contributed by atoms with E-state index in [0.29, 0.717) is 35.9 Å². The molecule has 0 fully saturated rings. The van der Waals surface area contributed by atoms with E-state index in [1.807, 2.05) is 0 Å². The zero-order valence-electron chi connectivity index (χ0n) is 12.6. The number of amides is 2. The second kappa shape index (κ2) is 7.98. The topological polar surface area (TPSA) is 85.9 Å². The summed E-state index contributed by atoms with van der Waals surface area (Å²) in [7, 11) is 4.46. The van der Waals surface area contributed by atoms with Crippen LogP contribution in [-0.2, 0) is 4.79 Å². The number of ether oxygens (including phenoxy) is 3. The summed E-state index contributed by atoms with van der Waals surface area (Å²) in [6.07, 6.45) is 0. The predicted molar refractivity (Wildman–Crippen MR) is 77.1 cm³/mol. The maximum Gasteiger partial charge on any atom is 0.251 e. The Morgan fingerprint density at radius 1 is 0.952 bits per heavy atom. The van der Waals surface area contributed by atoms with Crippen molar-refractivity contribution in [3.63, 3.8) is 0 Å². The van der Waals surface area contributed by atoms with Crippen LogP contribution in [0.1, 0.15) is 17.3 Å². The SMILES string of the molecule is COc1cc(C(=O)NCCNC(C)=O)cc(OC)c1OC. The molecule has 1 rings (SSSR count). The molecule has 0 spiro atoms. The fraction of sp³-hybridized carbons (Fsp3) is 0.429. The fourth-order valence-corrected chi connectivity index (χ4v) is 1.73. The minimum Gasteiger partial charge on any atom is -0.493 e. The molecular formula is C14H20N2O5. The van der Waals surface area contributed by atoms with Crippen molar-refractivity contribution in [2.45, 2.75) is 6.92 Å². The molecule has 1 aromatic rings. The summed E-state index contributed by atoms with van der Waals surface area (Å²) in [5.41, 5.74) is 0.382. The summed E-state index contributed by atoms with van der Waals surface area (Å²) < 4.78 is 15.6. The number of methoxy groups -OCH3 is 3. The van der Waals surface area contributed by atoms with Gasteiger partial charge in [0.2, 0.25) is 11.7 Å². The molecule has 0 aromatic heterocycles. The zero-order chi connectivity index (χ0) is 15.8. The molecule has 7 nitrogen and oxygen atoms in total. The Labute approximate surface area is 123 Å². The molecule has 0 radical (unpaired) electrons. The van der Waals surface area contributed by atoms with E-state index in [4.69, 9.17) is 14.2 Å². The van der Waals surface area contributed by atoms with Crippen LogP contribution < -0.4 is 24.8 Å². The van der Waals surface area contributed by atoms with E-state index in [9.17, 15) is 9.59 Å². The van der Waals surface area contributed by atoms with Crippen molar-refractivity contribution in [2.75, 3.05) is 34.4 Å². The van der Waals surface area contributed by atoms with Gasteiger partial charge in [0.05, 0.1) is 21.3 Å². The molecule has 0 heterocycles. The average Bonchev–Trinajstić information content (AvgIpc) is 2.49. The first-order valence-electron chi connectivity index (χ1n) is 6.36. The zero-order valence-corrected chi connectivity index (χ0v) is 12.6. The van der Waals surface area contributed by atoms with E-state index in [0.717, 1.165) is 0 Å². The molecule has 0 saturated heterocycles. The summed E-state index contributed by atoms with van der Waals surface area (Å²) in [5, 5.41) is 5.28. The smallest absolute Gasteiger partial charge is 0.251 e. The van der Waals surface area contributed by atoms with E-state index in [1.54, 1.807) is 12.1 Å². The molecule has 0 aliphatic carbocycles. The van der Waals surface area contributed by atoms with Gasteiger partial charge in [-0.15, -0.1) is 0 Å². The largest absolute Gasteiger partial charge is 0.493 e. The van der Waals surface area contributed by atoms with Crippen molar-refractivity contribution in [1.82, 2.24) is 10.6 Å². The number of rotatable bonds is 7. The molecule has 2 N–H and O–H groups in total. The van der Waals surface area contributed by atoms with Crippen LogP contribution in [0.25, 0.3) is 0 Å². The molecule has 0 aliphatic rings. The molecule has 0 aliphatic heterocycles. The Hall–Kier alpha value is -2.44. The number of hydrogen-bond donors (Lipinski definition) is 2. The van der Waals surface area contributed by atoms with E-state index in [1.165, 1.54) is 28.3 Å². The van der Waals surface area contributed by atoms with Crippen molar-refractivity contribution < 1.29 is 23.8 Å². The third-order valence-electron chi connectivity index (χ3n) is 2.71. The molecule has 21 heavy (non-hydrogen) atoms. The van der Waals surface area contributed by atoms with Gasteiger partial charge in [-0.05, 0) is 12.1 Å². The van der Waals surface area contributed by atoms with Crippen LogP contribution in [-0.4, -0.2) is 46.2 Å². The molecular weight excluding hydrogens is 276 g/mol. The van der Waals surface area contributed by atoms with Gasteiger partial charge in [0.1, 0.15) is 0 Å². The van der Waals surface area contributed by atoms with Gasteiger partial charge in [-0.1, -0.05) is 0 Å². The second-order valence-electron chi connectivity index (χ2n) is 4.15. The lowest BCUT2D eigenvalue weighted by Gasteiger charge is -2.14. The van der Waals surface area contributed by atoms with Crippen molar-refractivity contribution in [2.24, 2.45) is 0 Å². The maximum absolute atomic E-state index is 12.0. The van der Waals surface area contributed by atoms with E-state index in [2.05, 4.69) is 10.6 Å². The van der Waals surface area contributed by atoms with Crippen LogP contribution >= 0.6 is 0 Å². The van der Waals surface area contributed by atoms with Crippen LogP contribution in [0.2, 0.25) is 0 Å². The van der Waals surface area contributed by atoms with Gasteiger partial charge in [-0.2, -0.15) is 0 Å². The number of hydrogen-bond acceptors (Lipinski definition) is 5. The Morgan fingerprint density at radius 3 is 1.90 bits per heavy atom. The van der Waals surface area contributed by atoms with Crippen LogP contribution in [0, 0.1) is 0 Å². The molecule has 0 saturated carbocycles. The Balaban J connectivity index is 2.82. The van der Waals surface area contributed by atoms with Gasteiger partial charge >= 0.3 is 0 Å². The highest BCUT2D eigenvalue weighted by molar-refractivity contribution is 5.95. The molecule has 1 aromatic carbocycles. The normalized spacial score (nSPS) is 9.71. The predicted octanol–water partition coefficient (Wildman–Crippen LogP) is 0.578. The minimum atomic E-state index is -0.292. The van der Waals surface area contributed by atoms with Crippen LogP contribution in [0.15, 0.2) is 12.1 Å². The minimum absolute atomic E-state index is 0.142. The Kier molecular flexibility index (Phi) is 6.32. The summed E-state index contributed by atoms with van der Waals surface area (Å²) >= 11 is 0. The molecule has 0 unspecified atom stereocenters. The highest BCUT2D eigenvalue weighted by Gasteiger charge is 2.16. The van der Waals surface area contributed by atoms with Gasteiger partial charge in [-0.25, -0.2) is 0 Å². The van der Waals surface area contributed by atoms with Gasteiger partial charge in [-0.3, -0.25) is 9.59 Å². The standard InChI is InChI=1S/C14H20N2O5/c1-9(17)15-5-6-16-14(18)10-7-11(19-2)13(21-4)12(8-10)20-3/h7-8H,5-6H2,1-4H3,(H,15,17)(H,16,18). The second-order valence-corrected chi connectivity index (χ2v) is 4.15. The van der Waals surface area contributed by atoms with Crippen molar-refractivity contribution in [1.29, 1.82) is 0 Å².